The lowest BCUT2D eigenvalue weighted by molar-refractivity contribution is 0.0139. The van der Waals surface area contributed by atoms with Crippen molar-refractivity contribution in [2.24, 2.45) is 0 Å². The molecule has 4 aromatic heterocycles. The molecule has 0 saturated carbocycles. The predicted molar refractivity (Wildman–Crippen MR) is 154 cm³/mol. The molecule has 12 nitrogen and oxygen atoms in total. The minimum absolute atomic E-state index is 0.255. The topological polar surface area (TPSA) is 114 Å². The molecule has 0 unspecified atom stereocenters. The van der Waals surface area contributed by atoms with Gasteiger partial charge in [-0.2, -0.15) is 10.2 Å². The average Bonchev–Trinajstić information content (AvgIpc) is 3.57. The zero-order chi connectivity index (χ0) is 28.6. The van der Waals surface area contributed by atoms with Crippen molar-refractivity contribution >= 4 is 28.8 Å². The third-order valence-electron chi connectivity index (χ3n) is 6.87. The first-order valence-electron chi connectivity index (χ1n) is 13.6. The summed E-state index contributed by atoms with van der Waals surface area (Å²) in [5.41, 5.74) is 4.11. The molecule has 6 rings (SSSR count). The Balaban J connectivity index is 1.14. The van der Waals surface area contributed by atoms with Gasteiger partial charge in [0.2, 0.25) is 0 Å². The molecule has 212 valence electrons. The van der Waals surface area contributed by atoms with Gasteiger partial charge in [-0.1, -0.05) is 0 Å². The van der Waals surface area contributed by atoms with Gasteiger partial charge in [0.25, 0.3) is 0 Å². The van der Waals surface area contributed by atoms with Crippen LogP contribution in [0, 0.1) is 6.92 Å². The lowest BCUT2D eigenvalue weighted by atomic mass is 10.2. The van der Waals surface area contributed by atoms with E-state index in [1.807, 2.05) is 74.9 Å². The minimum atomic E-state index is -0.498. The second kappa shape index (κ2) is 10.7. The van der Waals surface area contributed by atoms with E-state index in [1.54, 1.807) is 15.7 Å². The maximum Gasteiger partial charge on any atom is 0.410 e. The molecule has 0 spiro atoms. The fraction of sp³-hybridized carbons (Fsp3) is 0.345. The number of pyridine rings is 1. The van der Waals surface area contributed by atoms with E-state index < -0.39 is 5.60 Å². The van der Waals surface area contributed by atoms with E-state index in [0.717, 1.165) is 59.2 Å². The summed E-state index contributed by atoms with van der Waals surface area (Å²) in [4.78, 5) is 25.3. The van der Waals surface area contributed by atoms with Crippen molar-refractivity contribution in [2.45, 2.75) is 39.8 Å². The van der Waals surface area contributed by atoms with Crippen molar-refractivity contribution < 1.29 is 14.3 Å². The van der Waals surface area contributed by atoms with E-state index in [2.05, 4.69) is 36.4 Å². The smallest absolute Gasteiger partial charge is 0.410 e. The number of ether oxygens (including phenoxy) is 2. The first kappa shape index (κ1) is 26.5. The number of piperazine rings is 1. The Hall–Kier alpha value is -4.71. The summed E-state index contributed by atoms with van der Waals surface area (Å²) in [6.07, 6.45) is 6.57. The highest BCUT2D eigenvalue weighted by atomic mass is 16.6. The maximum atomic E-state index is 12.4. The van der Waals surface area contributed by atoms with Gasteiger partial charge in [0.1, 0.15) is 35.3 Å². The van der Waals surface area contributed by atoms with Crippen molar-refractivity contribution in [3.8, 4) is 11.5 Å². The minimum Gasteiger partial charge on any atom is -0.457 e. The number of carbonyl (C=O) groups is 1. The van der Waals surface area contributed by atoms with Gasteiger partial charge in [-0.25, -0.2) is 23.8 Å². The molecule has 0 aliphatic carbocycles. The lowest BCUT2D eigenvalue weighted by Crippen LogP contribution is -2.49. The molecule has 0 bridgehead atoms. The van der Waals surface area contributed by atoms with Gasteiger partial charge in [-0.05, 0) is 69.2 Å². The second-order valence-electron chi connectivity index (χ2n) is 11.1. The molecule has 1 aliphatic rings. The van der Waals surface area contributed by atoms with Crippen LogP contribution in [0.2, 0.25) is 0 Å². The average molecular weight is 556 g/mol. The predicted octanol–water partition coefficient (Wildman–Crippen LogP) is 4.67. The fourth-order valence-electron chi connectivity index (χ4n) is 4.86. The van der Waals surface area contributed by atoms with Crippen LogP contribution in [0.15, 0.2) is 61.4 Å². The third-order valence-corrected chi connectivity index (χ3v) is 6.87. The van der Waals surface area contributed by atoms with Crippen LogP contribution in [-0.2, 0) is 11.3 Å². The van der Waals surface area contributed by atoms with Crippen LogP contribution in [0.5, 0.6) is 11.5 Å². The summed E-state index contributed by atoms with van der Waals surface area (Å²) >= 11 is 0. The normalized spacial score (nSPS) is 14.5. The zero-order valence-corrected chi connectivity index (χ0v) is 23.6. The molecule has 0 atom stereocenters. The first-order valence-corrected chi connectivity index (χ1v) is 13.6. The SMILES string of the molecule is Cc1cc(Nc2ncnn3ccc(CN4CCN(C(=O)OC(C)(C)C)CC4)c23)ccc1Oc1ccn2ncnc2c1. The molecule has 1 aromatic carbocycles. The number of aromatic nitrogens is 6. The molecule has 1 saturated heterocycles. The van der Waals surface area contributed by atoms with Crippen LogP contribution in [0.25, 0.3) is 11.2 Å². The summed E-state index contributed by atoms with van der Waals surface area (Å²) in [5, 5.41) is 12.0. The number of hydrogen-bond acceptors (Lipinski definition) is 9. The largest absolute Gasteiger partial charge is 0.457 e. The number of rotatable bonds is 6. The number of amides is 1. The number of hydrogen-bond donors (Lipinski definition) is 1. The molecule has 1 fully saturated rings. The molecule has 0 radical (unpaired) electrons. The summed E-state index contributed by atoms with van der Waals surface area (Å²) in [6, 6.07) is 11.7. The van der Waals surface area contributed by atoms with Crippen LogP contribution in [-0.4, -0.2) is 76.9 Å². The number of nitrogens with zero attached hydrogens (tertiary/aromatic N) is 8. The second-order valence-corrected chi connectivity index (χ2v) is 11.1. The number of anilines is 2. The Kier molecular flexibility index (Phi) is 6.91. The number of nitrogens with one attached hydrogen (secondary N) is 1. The Bertz CT molecular complexity index is 1700. The van der Waals surface area contributed by atoms with Gasteiger partial charge in [0.05, 0.1) is 0 Å². The van der Waals surface area contributed by atoms with Crippen LogP contribution >= 0.6 is 0 Å². The Labute approximate surface area is 237 Å². The van der Waals surface area contributed by atoms with E-state index in [4.69, 9.17) is 9.47 Å². The zero-order valence-electron chi connectivity index (χ0n) is 23.6. The van der Waals surface area contributed by atoms with E-state index in [1.165, 1.54) is 6.33 Å². The van der Waals surface area contributed by atoms with Crippen LogP contribution in [0.3, 0.4) is 0 Å². The maximum absolute atomic E-state index is 12.4. The van der Waals surface area contributed by atoms with Crippen molar-refractivity contribution in [3.63, 3.8) is 0 Å². The van der Waals surface area contributed by atoms with Crippen molar-refractivity contribution in [1.29, 1.82) is 0 Å². The summed E-state index contributed by atoms with van der Waals surface area (Å²) < 4.78 is 15.2. The molecule has 1 N–H and O–H groups in total. The molecular formula is C29H33N9O3. The summed E-state index contributed by atoms with van der Waals surface area (Å²) in [7, 11) is 0. The highest BCUT2D eigenvalue weighted by Gasteiger charge is 2.26. The Morgan fingerprint density at radius 1 is 0.951 bits per heavy atom. The molecular weight excluding hydrogens is 522 g/mol. The van der Waals surface area contributed by atoms with Gasteiger partial charge in [0.15, 0.2) is 11.5 Å². The van der Waals surface area contributed by atoms with Gasteiger partial charge in [-0.15, -0.1) is 0 Å². The fourth-order valence-corrected chi connectivity index (χ4v) is 4.86. The van der Waals surface area contributed by atoms with Crippen molar-refractivity contribution in [1.82, 2.24) is 39.0 Å². The first-order chi connectivity index (χ1) is 19.7. The highest BCUT2D eigenvalue weighted by molar-refractivity contribution is 5.77. The number of aryl methyl sites for hydroxylation is 1. The van der Waals surface area contributed by atoms with Gasteiger partial charge in [-0.3, -0.25) is 4.90 Å². The molecule has 41 heavy (non-hydrogen) atoms. The molecule has 12 heteroatoms. The third kappa shape index (κ3) is 5.92. The number of benzene rings is 1. The van der Waals surface area contributed by atoms with E-state index >= 15 is 0 Å². The van der Waals surface area contributed by atoms with E-state index in [9.17, 15) is 4.79 Å². The quantitative estimate of drug-likeness (QED) is 0.319. The number of fused-ring (bicyclic) bond motifs is 2. The van der Waals surface area contributed by atoms with Crippen molar-refractivity contribution in [2.75, 3.05) is 31.5 Å². The van der Waals surface area contributed by atoms with Crippen LogP contribution < -0.4 is 10.1 Å². The molecule has 5 aromatic rings. The van der Waals surface area contributed by atoms with Gasteiger partial charge in [0, 0.05) is 56.9 Å². The van der Waals surface area contributed by atoms with E-state index in [0.29, 0.717) is 18.8 Å². The highest BCUT2D eigenvalue weighted by Crippen LogP contribution is 2.30. The lowest BCUT2D eigenvalue weighted by Gasteiger charge is -2.35. The van der Waals surface area contributed by atoms with Gasteiger partial charge >= 0.3 is 6.09 Å². The standard InChI is InChI=1S/C29H33N9O3/c1-20-15-22(5-6-24(20)40-23-8-10-37-25(16-23)30-18-32-37)34-27-26-21(7-9-38(26)33-19-31-27)17-35-11-13-36(14-12-35)28(39)41-29(2,3)4/h5-10,15-16,18-19H,11-14,17H2,1-4H3,(H,31,33,34). The Morgan fingerprint density at radius 2 is 1.71 bits per heavy atom. The molecule has 1 aliphatic heterocycles. The van der Waals surface area contributed by atoms with Crippen LogP contribution in [0.4, 0.5) is 16.3 Å². The van der Waals surface area contributed by atoms with E-state index in [-0.39, 0.29) is 6.09 Å². The summed E-state index contributed by atoms with van der Waals surface area (Å²) in [5.74, 6) is 2.16. The Morgan fingerprint density at radius 3 is 2.49 bits per heavy atom. The van der Waals surface area contributed by atoms with Crippen LogP contribution in [0.1, 0.15) is 31.9 Å². The van der Waals surface area contributed by atoms with Gasteiger partial charge < -0.3 is 19.7 Å². The molecule has 1 amide bonds. The molecule has 5 heterocycles. The number of carbonyl (C=O) groups excluding carboxylic acids is 1. The monoisotopic (exact) mass is 555 g/mol. The van der Waals surface area contributed by atoms with Crippen molar-refractivity contribution in [3.05, 3.63) is 72.6 Å². The summed E-state index contributed by atoms with van der Waals surface area (Å²) in [6.45, 7) is 11.2.